The van der Waals surface area contributed by atoms with Gasteiger partial charge in [0.2, 0.25) is 6.41 Å². The van der Waals surface area contributed by atoms with Gasteiger partial charge in [0.1, 0.15) is 6.23 Å². The highest BCUT2D eigenvalue weighted by Crippen LogP contribution is 2.19. The second kappa shape index (κ2) is 8.11. The number of aliphatic hydroxyl groups excluding tert-OH is 3. The second-order valence-electron chi connectivity index (χ2n) is 4.89. The predicted octanol–water partition coefficient (Wildman–Crippen LogP) is -1.16. The van der Waals surface area contributed by atoms with Crippen LogP contribution in [-0.4, -0.2) is 59.2 Å². The maximum Gasteiger partial charge on any atom is 0.213 e. The summed E-state index contributed by atoms with van der Waals surface area (Å²) in [5.41, 5.74) is 0. The Kier molecular flexibility index (Phi) is 7.16. The van der Waals surface area contributed by atoms with Crippen molar-refractivity contribution in [1.29, 1.82) is 0 Å². The van der Waals surface area contributed by atoms with Crippen molar-refractivity contribution in [2.24, 2.45) is 0 Å². The molecule has 0 amide bonds. The molecule has 1 radical (unpaired) electrons. The van der Waals surface area contributed by atoms with Gasteiger partial charge in [-0.15, -0.1) is 0 Å². The maximum absolute atomic E-state index is 10.1. The first-order chi connectivity index (χ1) is 9.01. The van der Waals surface area contributed by atoms with Crippen molar-refractivity contribution in [2.75, 3.05) is 7.05 Å². The lowest BCUT2D eigenvalue weighted by Crippen LogP contribution is -2.49. The molecule has 0 aliphatic carbocycles. The Bertz CT molecular complexity index is 253. The van der Waals surface area contributed by atoms with Gasteiger partial charge in [0.05, 0.1) is 12.7 Å². The van der Waals surface area contributed by atoms with Gasteiger partial charge in [-0.1, -0.05) is 6.92 Å². The molecule has 3 unspecified atom stereocenters. The maximum atomic E-state index is 10.1. The van der Waals surface area contributed by atoms with E-state index in [1.54, 1.807) is 7.05 Å². The summed E-state index contributed by atoms with van der Waals surface area (Å²) >= 11 is 0. The Morgan fingerprint density at radius 3 is 2.68 bits per heavy atom. The minimum absolute atomic E-state index is 0.0302. The van der Waals surface area contributed by atoms with Crippen molar-refractivity contribution in [3.8, 4) is 0 Å². The fraction of sp³-hybridized carbons (Fsp3) is 0.917. The molecule has 0 aromatic rings. The molecule has 1 aliphatic rings. The average molecular weight is 276 g/mol. The lowest BCUT2D eigenvalue weighted by Gasteiger charge is -2.24. The van der Waals surface area contributed by atoms with Gasteiger partial charge in [-0.3, -0.25) is 10.6 Å². The van der Waals surface area contributed by atoms with E-state index in [2.05, 4.69) is 16.0 Å². The molecule has 6 N–H and O–H groups in total. The van der Waals surface area contributed by atoms with Crippen molar-refractivity contribution in [2.45, 2.75) is 63.6 Å². The zero-order chi connectivity index (χ0) is 14.4. The summed E-state index contributed by atoms with van der Waals surface area (Å²) < 4.78 is 5.40. The van der Waals surface area contributed by atoms with Crippen LogP contribution in [0.5, 0.6) is 0 Å². The fourth-order valence-electron chi connectivity index (χ4n) is 2.20. The van der Waals surface area contributed by atoms with Gasteiger partial charge in [-0.25, -0.2) is 0 Å². The number of ether oxygens (including phenoxy) is 1. The van der Waals surface area contributed by atoms with Crippen LogP contribution in [-0.2, 0) is 4.74 Å². The monoisotopic (exact) mass is 276 g/mol. The molecule has 0 bridgehead atoms. The molecule has 7 nitrogen and oxygen atoms in total. The van der Waals surface area contributed by atoms with Crippen LogP contribution in [0.3, 0.4) is 0 Å². The average Bonchev–Trinajstić information content (AvgIpc) is 2.77. The number of rotatable bonds is 8. The Balaban J connectivity index is 2.44. The van der Waals surface area contributed by atoms with E-state index in [-0.39, 0.29) is 24.2 Å². The van der Waals surface area contributed by atoms with E-state index in [9.17, 15) is 10.2 Å². The number of hydrogen-bond donors (Lipinski definition) is 6. The third-order valence-electron chi connectivity index (χ3n) is 3.46. The highest BCUT2D eigenvalue weighted by Gasteiger charge is 2.36. The van der Waals surface area contributed by atoms with Crippen molar-refractivity contribution in [3.63, 3.8) is 0 Å². The summed E-state index contributed by atoms with van der Waals surface area (Å²) in [6.45, 7) is 4.90. The minimum Gasteiger partial charge on any atom is -0.389 e. The topological polar surface area (TPSA) is 106 Å². The first-order valence-electron chi connectivity index (χ1n) is 6.70. The molecule has 113 valence electrons. The largest absolute Gasteiger partial charge is 0.389 e. The SMILES string of the molecule is CC[C@@H]([CH]O)NC(O)[C@@H]1C[C@H](OC(O)NC)C(C)N1. The van der Waals surface area contributed by atoms with E-state index in [0.29, 0.717) is 12.8 Å². The zero-order valence-electron chi connectivity index (χ0n) is 11.7. The summed E-state index contributed by atoms with van der Waals surface area (Å²) in [5.74, 6) is 0. The molecule has 0 saturated carbocycles. The standard InChI is InChI=1S/C12H26N3O4/c1-4-8(6-16)15-11(17)9-5-10(7(2)14-9)19-12(18)13-3/h6-18H,4-5H2,1-3H3/t7?,8-,9-,10-,11?,12?/m0/s1. The molecule has 1 saturated heterocycles. The highest BCUT2D eigenvalue weighted by atomic mass is 16.6. The van der Waals surface area contributed by atoms with Crippen LogP contribution in [0, 0.1) is 6.61 Å². The Morgan fingerprint density at radius 1 is 1.47 bits per heavy atom. The molecule has 19 heavy (non-hydrogen) atoms. The quantitative estimate of drug-likeness (QED) is 0.311. The van der Waals surface area contributed by atoms with Crippen LogP contribution in [0.25, 0.3) is 0 Å². The van der Waals surface area contributed by atoms with Crippen molar-refractivity contribution in [1.82, 2.24) is 16.0 Å². The molecule has 0 aromatic carbocycles. The van der Waals surface area contributed by atoms with Crippen LogP contribution in [0.4, 0.5) is 0 Å². The van der Waals surface area contributed by atoms with E-state index in [1.807, 2.05) is 13.8 Å². The lowest BCUT2D eigenvalue weighted by atomic mass is 10.1. The van der Waals surface area contributed by atoms with E-state index in [0.717, 1.165) is 6.61 Å². The van der Waals surface area contributed by atoms with Gasteiger partial charge in [0.15, 0.2) is 0 Å². The second-order valence-corrected chi connectivity index (χ2v) is 4.89. The number of aliphatic hydroxyl groups is 3. The van der Waals surface area contributed by atoms with E-state index < -0.39 is 12.6 Å². The summed E-state index contributed by atoms with van der Waals surface area (Å²) in [7, 11) is 1.61. The Hall–Kier alpha value is -0.280. The number of hydrogen-bond acceptors (Lipinski definition) is 7. The van der Waals surface area contributed by atoms with Crippen LogP contribution in [0.1, 0.15) is 26.7 Å². The summed E-state index contributed by atoms with van der Waals surface area (Å²) in [6, 6.07) is -0.393. The predicted molar refractivity (Wildman–Crippen MR) is 70.4 cm³/mol. The summed E-state index contributed by atoms with van der Waals surface area (Å²) in [6.07, 6.45) is -0.699. The molecule has 7 heteroatoms. The van der Waals surface area contributed by atoms with Crippen LogP contribution in [0.2, 0.25) is 0 Å². The van der Waals surface area contributed by atoms with Gasteiger partial charge in [-0.05, 0) is 26.8 Å². The third-order valence-corrected chi connectivity index (χ3v) is 3.46. The van der Waals surface area contributed by atoms with Crippen LogP contribution in [0.15, 0.2) is 0 Å². The zero-order valence-corrected chi connectivity index (χ0v) is 11.7. The van der Waals surface area contributed by atoms with E-state index >= 15 is 0 Å². The van der Waals surface area contributed by atoms with E-state index in [4.69, 9.17) is 9.84 Å². The minimum atomic E-state index is -1.01. The summed E-state index contributed by atoms with van der Waals surface area (Å²) in [5, 5.41) is 37.2. The van der Waals surface area contributed by atoms with E-state index in [1.165, 1.54) is 0 Å². The van der Waals surface area contributed by atoms with Crippen LogP contribution < -0.4 is 16.0 Å². The molecule has 6 atom stereocenters. The first-order valence-corrected chi connectivity index (χ1v) is 6.70. The fourth-order valence-corrected chi connectivity index (χ4v) is 2.20. The lowest BCUT2D eigenvalue weighted by molar-refractivity contribution is -0.151. The van der Waals surface area contributed by atoms with Gasteiger partial charge < -0.3 is 25.4 Å². The Labute approximate surface area is 114 Å². The van der Waals surface area contributed by atoms with Gasteiger partial charge in [-0.2, -0.15) is 0 Å². The van der Waals surface area contributed by atoms with Gasteiger partial charge >= 0.3 is 0 Å². The summed E-state index contributed by atoms with van der Waals surface area (Å²) in [4.78, 5) is 0. The molecular formula is C12H26N3O4. The smallest absolute Gasteiger partial charge is 0.213 e. The highest BCUT2D eigenvalue weighted by molar-refractivity contribution is 4.93. The first kappa shape index (κ1) is 16.8. The molecule has 1 aliphatic heterocycles. The molecule has 0 spiro atoms. The third kappa shape index (κ3) is 4.96. The van der Waals surface area contributed by atoms with Gasteiger partial charge in [0.25, 0.3) is 0 Å². The van der Waals surface area contributed by atoms with Crippen molar-refractivity contribution in [3.05, 3.63) is 6.61 Å². The normalized spacial score (nSPS) is 32.2. The molecule has 0 aromatic heterocycles. The van der Waals surface area contributed by atoms with Gasteiger partial charge in [0, 0.05) is 18.1 Å². The van der Waals surface area contributed by atoms with Crippen molar-refractivity contribution < 1.29 is 20.1 Å². The Morgan fingerprint density at radius 2 is 2.16 bits per heavy atom. The molecule has 1 fully saturated rings. The van der Waals surface area contributed by atoms with Crippen molar-refractivity contribution >= 4 is 0 Å². The molecular weight excluding hydrogens is 250 g/mol. The molecule has 1 heterocycles. The molecule has 1 rings (SSSR count). The number of nitrogens with one attached hydrogen (secondary N) is 3. The van der Waals surface area contributed by atoms with Crippen LogP contribution >= 0.6 is 0 Å².